The fraction of sp³-hybridized carbons (Fsp3) is 0.111. The van der Waals surface area contributed by atoms with Gasteiger partial charge in [0.1, 0.15) is 18.5 Å². The summed E-state index contributed by atoms with van der Waals surface area (Å²) in [5, 5.41) is 14.0. The topological polar surface area (TPSA) is 103 Å². The number of carbonyl (C=O) groups excluding carboxylic acids is 1. The van der Waals surface area contributed by atoms with Gasteiger partial charge in [-0.3, -0.25) is 9.36 Å². The highest BCUT2D eigenvalue weighted by molar-refractivity contribution is 5.94. The molecule has 1 N–H and O–H groups in total. The van der Waals surface area contributed by atoms with E-state index < -0.39 is 0 Å². The predicted octanol–water partition coefficient (Wildman–Crippen LogP) is 1.23. The zero-order valence-electron chi connectivity index (χ0n) is 14.3. The average Bonchev–Trinajstić information content (AvgIpc) is 3.41. The Labute approximate surface area is 154 Å². The summed E-state index contributed by atoms with van der Waals surface area (Å²) in [5.41, 5.74) is 2.50. The number of nitrogens with zero attached hydrogens (tertiary/aromatic N) is 7. The molecule has 0 unspecified atom stereocenters. The second kappa shape index (κ2) is 7.56. The number of aromatic nitrogens is 7. The smallest absolute Gasteiger partial charge is 0.251 e. The van der Waals surface area contributed by atoms with Crippen LogP contribution in [0.15, 0.2) is 67.6 Å². The average molecular weight is 360 g/mol. The molecule has 3 heterocycles. The zero-order valence-corrected chi connectivity index (χ0v) is 14.3. The first kappa shape index (κ1) is 16.6. The third kappa shape index (κ3) is 3.87. The molecule has 1 amide bonds. The standard InChI is InChI=1S/C18H16N8O/c27-18(15-5-3-14(4-6-15)11-26-13-22-23-24-26)21-10-16-2-1-7-20-17(16)25-9-8-19-12-25/h1-9,12-13H,10-11H2,(H,21,27). The van der Waals surface area contributed by atoms with Crippen LogP contribution < -0.4 is 5.32 Å². The molecule has 0 saturated heterocycles. The largest absolute Gasteiger partial charge is 0.348 e. The van der Waals surface area contributed by atoms with Gasteiger partial charge in [0.25, 0.3) is 5.91 Å². The summed E-state index contributed by atoms with van der Waals surface area (Å²) in [7, 11) is 0. The monoisotopic (exact) mass is 360 g/mol. The Morgan fingerprint density at radius 1 is 1.07 bits per heavy atom. The molecule has 0 aliphatic rings. The number of imidazole rings is 1. The first-order valence-electron chi connectivity index (χ1n) is 8.30. The molecule has 3 aromatic heterocycles. The van der Waals surface area contributed by atoms with Crippen LogP contribution in [0.5, 0.6) is 0 Å². The molecule has 4 rings (SSSR count). The van der Waals surface area contributed by atoms with Crippen molar-refractivity contribution in [2.45, 2.75) is 13.1 Å². The maximum absolute atomic E-state index is 12.5. The Hall–Kier alpha value is -3.88. The Morgan fingerprint density at radius 2 is 1.96 bits per heavy atom. The van der Waals surface area contributed by atoms with E-state index in [1.54, 1.807) is 41.9 Å². The van der Waals surface area contributed by atoms with Crippen molar-refractivity contribution in [2.75, 3.05) is 0 Å². The first-order valence-corrected chi connectivity index (χ1v) is 8.30. The number of benzene rings is 1. The van der Waals surface area contributed by atoms with Gasteiger partial charge in [0, 0.05) is 36.3 Å². The van der Waals surface area contributed by atoms with E-state index in [9.17, 15) is 4.79 Å². The van der Waals surface area contributed by atoms with E-state index in [0.29, 0.717) is 18.7 Å². The molecule has 0 radical (unpaired) electrons. The van der Waals surface area contributed by atoms with Crippen molar-refractivity contribution in [2.24, 2.45) is 0 Å². The zero-order chi connectivity index (χ0) is 18.5. The first-order chi connectivity index (χ1) is 13.3. The number of hydrogen-bond acceptors (Lipinski definition) is 6. The Morgan fingerprint density at radius 3 is 2.70 bits per heavy atom. The van der Waals surface area contributed by atoms with Crippen molar-refractivity contribution in [1.82, 2.24) is 40.1 Å². The van der Waals surface area contributed by atoms with Crippen LogP contribution in [0.25, 0.3) is 5.82 Å². The lowest BCUT2D eigenvalue weighted by Gasteiger charge is -2.10. The molecule has 0 bridgehead atoms. The van der Waals surface area contributed by atoms with Crippen molar-refractivity contribution in [3.8, 4) is 5.82 Å². The summed E-state index contributed by atoms with van der Waals surface area (Å²) in [4.78, 5) is 20.9. The summed E-state index contributed by atoms with van der Waals surface area (Å²) >= 11 is 0. The number of carbonyl (C=O) groups is 1. The van der Waals surface area contributed by atoms with E-state index in [2.05, 4.69) is 30.8 Å². The molecule has 0 atom stereocenters. The fourth-order valence-corrected chi connectivity index (χ4v) is 2.66. The van der Waals surface area contributed by atoms with E-state index >= 15 is 0 Å². The number of hydrogen-bond donors (Lipinski definition) is 1. The minimum atomic E-state index is -0.149. The molecule has 0 aliphatic carbocycles. The van der Waals surface area contributed by atoms with Gasteiger partial charge in [0.15, 0.2) is 0 Å². The Balaban J connectivity index is 1.41. The molecule has 0 fully saturated rings. The van der Waals surface area contributed by atoms with E-state index in [1.807, 2.05) is 35.0 Å². The maximum atomic E-state index is 12.5. The molecule has 9 heteroatoms. The van der Waals surface area contributed by atoms with Crippen LogP contribution in [-0.4, -0.2) is 40.6 Å². The molecule has 1 aromatic carbocycles. The highest BCUT2D eigenvalue weighted by Crippen LogP contribution is 2.11. The highest BCUT2D eigenvalue weighted by Gasteiger charge is 2.09. The van der Waals surface area contributed by atoms with Crippen molar-refractivity contribution in [1.29, 1.82) is 0 Å². The molecule has 27 heavy (non-hydrogen) atoms. The number of rotatable bonds is 6. The van der Waals surface area contributed by atoms with Crippen LogP contribution in [0, 0.1) is 0 Å². The predicted molar refractivity (Wildman–Crippen MR) is 95.9 cm³/mol. The quantitative estimate of drug-likeness (QED) is 0.555. The SMILES string of the molecule is O=C(NCc1cccnc1-n1ccnc1)c1ccc(Cn2cnnn2)cc1. The Kier molecular flexibility index (Phi) is 4.64. The van der Waals surface area contributed by atoms with Gasteiger partial charge in [-0.2, -0.15) is 0 Å². The maximum Gasteiger partial charge on any atom is 0.251 e. The lowest BCUT2D eigenvalue weighted by Crippen LogP contribution is -2.23. The third-order valence-corrected chi connectivity index (χ3v) is 4.01. The van der Waals surface area contributed by atoms with Crippen LogP contribution in [-0.2, 0) is 13.1 Å². The van der Waals surface area contributed by atoms with Crippen molar-refractivity contribution >= 4 is 5.91 Å². The minimum Gasteiger partial charge on any atom is -0.348 e. The van der Waals surface area contributed by atoms with Crippen LogP contribution in [0.2, 0.25) is 0 Å². The van der Waals surface area contributed by atoms with E-state index in [1.165, 1.54) is 0 Å². The van der Waals surface area contributed by atoms with Crippen LogP contribution in [0.4, 0.5) is 0 Å². The van der Waals surface area contributed by atoms with E-state index in [0.717, 1.165) is 16.9 Å². The van der Waals surface area contributed by atoms with Gasteiger partial charge in [-0.1, -0.05) is 18.2 Å². The number of nitrogens with one attached hydrogen (secondary N) is 1. The summed E-state index contributed by atoms with van der Waals surface area (Å²) in [6, 6.07) is 11.1. The summed E-state index contributed by atoms with van der Waals surface area (Å²) in [6.07, 6.45) is 8.44. The molecule has 134 valence electrons. The molecular formula is C18H16N8O. The number of tetrazole rings is 1. The fourth-order valence-electron chi connectivity index (χ4n) is 2.66. The van der Waals surface area contributed by atoms with E-state index in [4.69, 9.17) is 0 Å². The molecule has 0 spiro atoms. The number of pyridine rings is 1. The van der Waals surface area contributed by atoms with Crippen LogP contribution >= 0.6 is 0 Å². The van der Waals surface area contributed by atoms with Gasteiger partial charge < -0.3 is 5.32 Å². The lowest BCUT2D eigenvalue weighted by molar-refractivity contribution is 0.0951. The Bertz CT molecular complexity index is 1010. The molecule has 4 aromatic rings. The van der Waals surface area contributed by atoms with Gasteiger partial charge in [0.05, 0.1) is 6.54 Å². The van der Waals surface area contributed by atoms with Gasteiger partial charge in [0.2, 0.25) is 0 Å². The molecule has 0 aliphatic heterocycles. The van der Waals surface area contributed by atoms with E-state index in [-0.39, 0.29) is 5.91 Å². The van der Waals surface area contributed by atoms with Crippen molar-refractivity contribution in [3.63, 3.8) is 0 Å². The second-order valence-electron chi connectivity index (χ2n) is 5.84. The molecule has 9 nitrogen and oxygen atoms in total. The van der Waals surface area contributed by atoms with Gasteiger partial charge >= 0.3 is 0 Å². The normalized spacial score (nSPS) is 10.7. The number of amides is 1. The van der Waals surface area contributed by atoms with Crippen LogP contribution in [0.3, 0.4) is 0 Å². The second-order valence-corrected chi connectivity index (χ2v) is 5.84. The summed E-state index contributed by atoms with van der Waals surface area (Å²) in [5.74, 6) is 0.594. The van der Waals surface area contributed by atoms with Gasteiger partial charge in [-0.05, 0) is 34.2 Å². The summed E-state index contributed by atoms with van der Waals surface area (Å²) in [6.45, 7) is 0.922. The van der Waals surface area contributed by atoms with Crippen molar-refractivity contribution < 1.29 is 4.79 Å². The van der Waals surface area contributed by atoms with Gasteiger partial charge in [-0.15, -0.1) is 5.10 Å². The van der Waals surface area contributed by atoms with Crippen molar-refractivity contribution in [3.05, 3.63) is 84.3 Å². The third-order valence-electron chi connectivity index (χ3n) is 4.01. The lowest BCUT2D eigenvalue weighted by atomic mass is 10.1. The highest BCUT2D eigenvalue weighted by atomic mass is 16.1. The minimum absolute atomic E-state index is 0.149. The van der Waals surface area contributed by atoms with Crippen LogP contribution in [0.1, 0.15) is 21.5 Å². The summed E-state index contributed by atoms with van der Waals surface area (Å²) < 4.78 is 3.43. The van der Waals surface area contributed by atoms with Gasteiger partial charge in [-0.25, -0.2) is 14.6 Å². The molecular weight excluding hydrogens is 344 g/mol. The molecule has 0 saturated carbocycles.